The fraction of sp³-hybridized carbons (Fsp3) is 0.143. The third-order valence-corrected chi connectivity index (χ3v) is 3.75. The number of nitrogens with two attached hydrogens (primary N) is 1. The first-order valence-corrected chi connectivity index (χ1v) is 7.25. The van der Waals surface area contributed by atoms with Gasteiger partial charge >= 0.3 is 0 Å². The lowest BCUT2D eigenvalue weighted by molar-refractivity contribution is 0.472. The summed E-state index contributed by atoms with van der Waals surface area (Å²) in [6.45, 7) is 0.366. The summed E-state index contributed by atoms with van der Waals surface area (Å²) in [6, 6.07) is 9.72. The van der Waals surface area contributed by atoms with E-state index < -0.39 is 5.82 Å². The van der Waals surface area contributed by atoms with Crippen LogP contribution < -0.4 is 10.5 Å². The van der Waals surface area contributed by atoms with Crippen molar-refractivity contribution in [1.82, 2.24) is 0 Å². The average molecular weight is 298 g/mol. The Labute approximate surface area is 120 Å². The van der Waals surface area contributed by atoms with Crippen LogP contribution in [0.4, 0.5) is 4.39 Å². The van der Waals surface area contributed by atoms with Gasteiger partial charge in [-0.05, 0) is 36.6 Å². The Kier molecular flexibility index (Phi) is 4.69. The number of ether oxygens (including phenoxy) is 1. The molecule has 2 aromatic rings. The number of hydrogen-bond donors (Lipinski definition) is 1. The van der Waals surface area contributed by atoms with Crippen molar-refractivity contribution < 1.29 is 9.13 Å². The quantitative estimate of drug-likeness (QED) is 0.847. The van der Waals surface area contributed by atoms with Gasteiger partial charge in [0.1, 0.15) is 17.3 Å². The van der Waals surface area contributed by atoms with E-state index in [1.54, 1.807) is 11.8 Å². The standard InChI is InChI=1S/C14H13ClFNOS/c1-19-14-4-2-3-12(10(14)8-17)18-13-6-5-9(16)7-11(13)15/h2-7H,8,17H2,1H3. The Morgan fingerprint density at radius 3 is 2.68 bits per heavy atom. The molecule has 0 fully saturated rings. The summed E-state index contributed by atoms with van der Waals surface area (Å²) < 4.78 is 18.7. The molecule has 0 aromatic heterocycles. The lowest BCUT2D eigenvalue weighted by Crippen LogP contribution is -2.01. The zero-order valence-electron chi connectivity index (χ0n) is 10.3. The summed E-state index contributed by atoms with van der Waals surface area (Å²) in [7, 11) is 0. The summed E-state index contributed by atoms with van der Waals surface area (Å²) in [5.41, 5.74) is 6.67. The molecule has 0 aliphatic carbocycles. The molecule has 0 amide bonds. The molecule has 0 radical (unpaired) electrons. The lowest BCUT2D eigenvalue weighted by Gasteiger charge is -2.13. The molecule has 2 N–H and O–H groups in total. The second-order valence-electron chi connectivity index (χ2n) is 3.82. The van der Waals surface area contributed by atoms with E-state index in [4.69, 9.17) is 22.1 Å². The maximum atomic E-state index is 13.0. The van der Waals surface area contributed by atoms with E-state index in [0.29, 0.717) is 18.0 Å². The molecule has 100 valence electrons. The van der Waals surface area contributed by atoms with Crippen molar-refractivity contribution in [3.05, 3.63) is 52.8 Å². The van der Waals surface area contributed by atoms with Crippen molar-refractivity contribution in [2.45, 2.75) is 11.4 Å². The number of rotatable bonds is 4. The smallest absolute Gasteiger partial charge is 0.146 e. The number of hydrogen-bond acceptors (Lipinski definition) is 3. The van der Waals surface area contributed by atoms with Gasteiger partial charge in [-0.3, -0.25) is 0 Å². The fourth-order valence-corrected chi connectivity index (χ4v) is 2.56. The van der Waals surface area contributed by atoms with Crippen molar-refractivity contribution in [1.29, 1.82) is 0 Å². The van der Waals surface area contributed by atoms with Crippen LogP contribution in [0, 0.1) is 5.82 Å². The largest absolute Gasteiger partial charge is 0.455 e. The molecule has 0 spiro atoms. The molecule has 0 heterocycles. The number of thioether (sulfide) groups is 1. The molecule has 2 nitrogen and oxygen atoms in total. The summed E-state index contributed by atoms with van der Waals surface area (Å²) in [6.07, 6.45) is 1.98. The first kappa shape index (κ1) is 14.2. The Balaban J connectivity index is 2.37. The second-order valence-corrected chi connectivity index (χ2v) is 5.07. The van der Waals surface area contributed by atoms with Gasteiger partial charge in [0.2, 0.25) is 0 Å². The molecule has 19 heavy (non-hydrogen) atoms. The first-order valence-electron chi connectivity index (χ1n) is 5.64. The summed E-state index contributed by atoms with van der Waals surface area (Å²) in [4.78, 5) is 1.05. The van der Waals surface area contributed by atoms with Gasteiger partial charge in [0.05, 0.1) is 5.02 Å². The van der Waals surface area contributed by atoms with E-state index >= 15 is 0 Å². The van der Waals surface area contributed by atoms with Gasteiger partial charge in [-0.15, -0.1) is 11.8 Å². The molecule has 2 aromatic carbocycles. The summed E-state index contributed by atoms with van der Waals surface area (Å²) in [5, 5.41) is 0.234. The van der Waals surface area contributed by atoms with E-state index in [-0.39, 0.29) is 5.02 Å². The molecule has 5 heteroatoms. The highest BCUT2D eigenvalue weighted by atomic mass is 35.5. The predicted molar refractivity (Wildman–Crippen MR) is 77.6 cm³/mol. The molecule has 0 atom stereocenters. The molecule has 0 saturated carbocycles. The highest BCUT2D eigenvalue weighted by molar-refractivity contribution is 7.98. The Morgan fingerprint density at radius 1 is 1.26 bits per heavy atom. The van der Waals surface area contributed by atoms with Gasteiger partial charge in [0, 0.05) is 17.0 Å². The third-order valence-electron chi connectivity index (χ3n) is 2.63. The normalized spacial score (nSPS) is 10.5. The van der Waals surface area contributed by atoms with Crippen LogP contribution in [0.1, 0.15) is 5.56 Å². The minimum atomic E-state index is -0.394. The summed E-state index contributed by atoms with van der Waals surface area (Å²) in [5.74, 6) is 0.660. The van der Waals surface area contributed by atoms with Gasteiger partial charge in [-0.1, -0.05) is 17.7 Å². The van der Waals surface area contributed by atoms with Crippen LogP contribution in [0.5, 0.6) is 11.5 Å². The van der Waals surface area contributed by atoms with Crippen molar-refractivity contribution in [2.75, 3.05) is 6.26 Å². The van der Waals surface area contributed by atoms with E-state index in [9.17, 15) is 4.39 Å². The Hall–Kier alpha value is -1.23. The molecule has 2 rings (SSSR count). The maximum absolute atomic E-state index is 13.0. The fourth-order valence-electron chi connectivity index (χ4n) is 1.71. The Bertz CT molecular complexity index is 592. The minimum absolute atomic E-state index is 0.234. The summed E-state index contributed by atoms with van der Waals surface area (Å²) >= 11 is 7.55. The molecular weight excluding hydrogens is 285 g/mol. The molecule has 0 aliphatic heterocycles. The second kappa shape index (κ2) is 6.28. The van der Waals surface area contributed by atoms with E-state index in [2.05, 4.69) is 0 Å². The molecule has 0 bridgehead atoms. The van der Waals surface area contributed by atoms with Gasteiger partial charge in [-0.2, -0.15) is 0 Å². The Morgan fingerprint density at radius 2 is 2.05 bits per heavy atom. The van der Waals surface area contributed by atoms with Crippen LogP contribution >= 0.6 is 23.4 Å². The van der Waals surface area contributed by atoms with Crippen LogP contribution in [0.25, 0.3) is 0 Å². The average Bonchev–Trinajstić information content (AvgIpc) is 2.41. The van der Waals surface area contributed by atoms with Gasteiger partial charge < -0.3 is 10.5 Å². The van der Waals surface area contributed by atoms with Crippen LogP contribution in [0.15, 0.2) is 41.3 Å². The third kappa shape index (κ3) is 3.21. The van der Waals surface area contributed by atoms with Crippen LogP contribution in [-0.2, 0) is 6.54 Å². The van der Waals surface area contributed by atoms with Crippen LogP contribution in [-0.4, -0.2) is 6.26 Å². The van der Waals surface area contributed by atoms with Gasteiger partial charge in [0.15, 0.2) is 0 Å². The van der Waals surface area contributed by atoms with Gasteiger partial charge in [0.25, 0.3) is 0 Å². The van der Waals surface area contributed by atoms with Crippen molar-refractivity contribution in [3.63, 3.8) is 0 Å². The SMILES string of the molecule is CSc1cccc(Oc2ccc(F)cc2Cl)c1CN. The first-order chi connectivity index (χ1) is 9.15. The molecule has 0 aliphatic rings. The molecule has 0 unspecified atom stereocenters. The van der Waals surface area contributed by atoms with Crippen molar-refractivity contribution in [3.8, 4) is 11.5 Å². The van der Waals surface area contributed by atoms with E-state index in [0.717, 1.165) is 10.5 Å². The topological polar surface area (TPSA) is 35.2 Å². The lowest BCUT2D eigenvalue weighted by atomic mass is 10.2. The highest BCUT2D eigenvalue weighted by Crippen LogP contribution is 2.34. The van der Waals surface area contributed by atoms with Crippen molar-refractivity contribution >= 4 is 23.4 Å². The monoisotopic (exact) mass is 297 g/mol. The van der Waals surface area contributed by atoms with E-state index in [1.165, 1.54) is 18.2 Å². The zero-order chi connectivity index (χ0) is 13.8. The maximum Gasteiger partial charge on any atom is 0.146 e. The zero-order valence-corrected chi connectivity index (χ0v) is 11.9. The minimum Gasteiger partial charge on any atom is -0.455 e. The predicted octanol–water partition coefficient (Wildman–Crippen LogP) is 4.45. The highest BCUT2D eigenvalue weighted by Gasteiger charge is 2.10. The van der Waals surface area contributed by atoms with Crippen molar-refractivity contribution in [2.24, 2.45) is 5.73 Å². The molecular formula is C14H13ClFNOS. The van der Waals surface area contributed by atoms with Crippen LogP contribution in [0.3, 0.4) is 0 Å². The number of benzene rings is 2. The van der Waals surface area contributed by atoms with Gasteiger partial charge in [-0.25, -0.2) is 4.39 Å². The van der Waals surface area contributed by atoms with Crippen LogP contribution in [0.2, 0.25) is 5.02 Å². The number of halogens is 2. The molecule has 0 saturated heterocycles. The van der Waals surface area contributed by atoms with E-state index in [1.807, 2.05) is 24.5 Å².